The average molecular weight is 368 g/mol. The Hall–Kier alpha value is -2.03. The van der Waals surface area contributed by atoms with E-state index in [4.69, 9.17) is 17.3 Å². The lowest BCUT2D eigenvalue weighted by Crippen LogP contribution is -2.57. The number of hydrogen-bond acceptors (Lipinski definition) is 5. The van der Waals surface area contributed by atoms with Crippen LogP contribution >= 0.6 is 23.4 Å². The van der Waals surface area contributed by atoms with Crippen molar-refractivity contribution in [1.29, 1.82) is 0 Å². The van der Waals surface area contributed by atoms with Crippen molar-refractivity contribution in [2.45, 2.75) is 23.2 Å². The molecule has 2 aliphatic rings. The summed E-state index contributed by atoms with van der Waals surface area (Å²) < 4.78 is 0. The van der Waals surface area contributed by atoms with Gasteiger partial charge in [0.25, 0.3) is 0 Å². The highest BCUT2D eigenvalue weighted by molar-refractivity contribution is 8.00. The van der Waals surface area contributed by atoms with Crippen LogP contribution in [-0.4, -0.2) is 38.5 Å². The van der Waals surface area contributed by atoms with Gasteiger partial charge in [-0.05, 0) is 5.56 Å². The van der Waals surface area contributed by atoms with Crippen molar-refractivity contribution >= 4 is 41.1 Å². The van der Waals surface area contributed by atoms with Crippen LogP contribution in [-0.2, 0) is 14.4 Å². The summed E-state index contributed by atoms with van der Waals surface area (Å²) in [7, 11) is 0. The van der Waals surface area contributed by atoms with Crippen molar-refractivity contribution in [3.8, 4) is 0 Å². The molecule has 1 aromatic rings. The normalized spacial score (nSPS) is 24.1. The third-order valence-electron chi connectivity index (χ3n) is 3.81. The highest BCUT2D eigenvalue weighted by Gasteiger charge is 2.48. The van der Waals surface area contributed by atoms with Crippen LogP contribution in [0.2, 0.25) is 0 Å². The molecule has 9 heteroatoms. The molecule has 0 aromatic heterocycles. The molecule has 1 saturated heterocycles. The molecule has 24 heavy (non-hydrogen) atoms. The zero-order valence-corrected chi connectivity index (χ0v) is 13.9. The fraction of sp³-hybridized carbons (Fsp3) is 0.267. The van der Waals surface area contributed by atoms with E-state index < -0.39 is 23.3 Å². The fourth-order valence-corrected chi connectivity index (χ4v) is 4.25. The van der Waals surface area contributed by atoms with E-state index in [0.717, 1.165) is 4.90 Å². The number of aliphatic carboxylic acids is 1. The number of amides is 2. The van der Waals surface area contributed by atoms with Gasteiger partial charge in [0, 0.05) is 0 Å². The topological polar surface area (TPSA) is 113 Å². The second kappa shape index (κ2) is 6.46. The Kier molecular flexibility index (Phi) is 4.53. The number of carbonyl (C=O) groups excluding carboxylic acids is 2. The van der Waals surface area contributed by atoms with Gasteiger partial charge >= 0.3 is 5.97 Å². The monoisotopic (exact) mass is 367 g/mol. The highest BCUT2D eigenvalue weighted by Crippen LogP contribution is 2.44. The summed E-state index contributed by atoms with van der Waals surface area (Å²) in [6.07, 6.45) is 0.211. The number of nitrogens with two attached hydrogens (primary N) is 1. The molecule has 2 amide bonds. The van der Waals surface area contributed by atoms with Gasteiger partial charge in [0.15, 0.2) is 0 Å². The molecule has 0 spiro atoms. The van der Waals surface area contributed by atoms with Crippen LogP contribution in [0.5, 0.6) is 0 Å². The lowest BCUT2D eigenvalue weighted by atomic mass is 10.1. The predicted molar refractivity (Wildman–Crippen MR) is 88.7 cm³/mol. The van der Waals surface area contributed by atoms with Crippen molar-refractivity contribution in [3.05, 3.63) is 46.6 Å². The minimum atomic E-state index is -1.30. The number of benzene rings is 1. The van der Waals surface area contributed by atoms with E-state index in [2.05, 4.69) is 5.32 Å². The number of nitrogens with one attached hydrogen (secondary N) is 1. The van der Waals surface area contributed by atoms with Crippen molar-refractivity contribution < 1.29 is 19.5 Å². The van der Waals surface area contributed by atoms with Crippen LogP contribution in [0.1, 0.15) is 18.0 Å². The first kappa shape index (κ1) is 16.8. The van der Waals surface area contributed by atoms with Crippen LogP contribution in [0.4, 0.5) is 0 Å². The fourth-order valence-electron chi connectivity index (χ4n) is 2.55. The summed E-state index contributed by atoms with van der Waals surface area (Å²) in [5, 5.41) is 10.8. The van der Waals surface area contributed by atoms with E-state index in [1.54, 1.807) is 24.3 Å². The Balaban J connectivity index is 1.80. The molecule has 0 bridgehead atoms. The molecule has 0 aliphatic carbocycles. The van der Waals surface area contributed by atoms with Crippen molar-refractivity contribution in [3.63, 3.8) is 0 Å². The van der Waals surface area contributed by atoms with E-state index in [0.29, 0.717) is 5.56 Å². The maximum Gasteiger partial charge on any atom is 0.353 e. The van der Waals surface area contributed by atoms with E-state index in [1.807, 2.05) is 6.07 Å². The molecule has 1 unspecified atom stereocenters. The van der Waals surface area contributed by atoms with Gasteiger partial charge < -0.3 is 16.2 Å². The van der Waals surface area contributed by atoms with Gasteiger partial charge in [0.1, 0.15) is 17.1 Å². The zero-order chi connectivity index (χ0) is 17.4. The molecular formula is C15H14ClN3O4S. The molecule has 3 rings (SSSR count). The van der Waals surface area contributed by atoms with E-state index in [1.165, 1.54) is 11.8 Å². The Morgan fingerprint density at radius 3 is 2.62 bits per heavy atom. The van der Waals surface area contributed by atoms with Crippen LogP contribution in [0.3, 0.4) is 0 Å². The molecule has 2 aliphatic heterocycles. The van der Waals surface area contributed by atoms with Crippen molar-refractivity contribution in [2.24, 2.45) is 5.73 Å². The number of thioether (sulfide) groups is 1. The van der Waals surface area contributed by atoms with Gasteiger partial charge in [0.2, 0.25) is 11.8 Å². The number of fused-ring (bicyclic) bond motifs is 1. The molecule has 2 heterocycles. The predicted octanol–water partition coefficient (Wildman–Crippen LogP) is 0.969. The minimum absolute atomic E-state index is 0.0922. The number of hydrogen-bond donors (Lipinski definition) is 3. The van der Waals surface area contributed by atoms with Crippen LogP contribution in [0.15, 0.2) is 41.1 Å². The first-order chi connectivity index (χ1) is 11.4. The lowest BCUT2D eigenvalue weighted by Gasteiger charge is -2.45. The highest BCUT2D eigenvalue weighted by atomic mass is 35.5. The Morgan fingerprint density at radius 1 is 1.38 bits per heavy atom. The largest absolute Gasteiger partial charge is 0.477 e. The zero-order valence-electron chi connectivity index (χ0n) is 12.3. The molecule has 3 atom stereocenters. The summed E-state index contributed by atoms with van der Waals surface area (Å²) >= 11 is 7.35. The Bertz CT molecular complexity index is 739. The maximum atomic E-state index is 12.3. The maximum absolute atomic E-state index is 12.3. The number of carboxylic acids is 1. The molecule has 0 saturated carbocycles. The first-order valence-corrected chi connectivity index (χ1v) is 8.43. The van der Waals surface area contributed by atoms with Gasteiger partial charge in [-0.2, -0.15) is 0 Å². The number of halogens is 1. The molecule has 0 radical (unpaired) electrons. The second-order valence-corrected chi connectivity index (χ2v) is 7.03. The SMILES string of the molecule is N[C@@H](C(=O)NC1S[C@@H]2CC(=O)N2C(C(=O)O)=C1Cl)c1ccccc1. The molecule has 4 N–H and O–H groups in total. The summed E-state index contributed by atoms with van der Waals surface area (Å²) in [4.78, 5) is 36.5. The van der Waals surface area contributed by atoms with Crippen molar-refractivity contribution in [1.82, 2.24) is 10.2 Å². The Labute approximate surface area is 146 Å². The van der Waals surface area contributed by atoms with Crippen LogP contribution in [0, 0.1) is 0 Å². The van der Waals surface area contributed by atoms with Gasteiger partial charge in [-0.3, -0.25) is 14.5 Å². The summed E-state index contributed by atoms with van der Waals surface area (Å²) in [6.45, 7) is 0. The molecule has 1 fully saturated rings. The first-order valence-electron chi connectivity index (χ1n) is 7.11. The van der Waals surface area contributed by atoms with Gasteiger partial charge in [-0.15, -0.1) is 11.8 Å². The number of carbonyl (C=O) groups is 3. The lowest BCUT2D eigenvalue weighted by molar-refractivity contribution is -0.146. The average Bonchev–Trinajstić information content (AvgIpc) is 2.56. The van der Waals surface area contributed by atoms with Gasteiger partial charge in [-0.25, -0.2) is 4.79 Å². The standard InChI is InChI=1S/C15H14ClN3O4S/c16-10-12(15(22)23)19-8(20)6-9(19)24-14(10)18-13(21)11(17)7-4-2-1-3-5-7/h1-5,9,11,14H,6,17H2,(H,18,21)(H,22,23)/t9-,11-,14?/m1/s1. The minimum Gasteiger partial charge on any atom is -0.477 e. The Morgan fingerprint density at radius 2 is 2.04 bits per heavy atom. The number of β-lactam (4-membered cyclic amide) rings is 1. The van der Waals surface area contributed by atoms with Gasteiger partial charge in [-0.1, -0.05) is 41.9 Å². The third-order valence-corrected chi connectivity index (χ3v) is 5.66. The number of carboxylic acid groups (broad SMARTS) is 1. The van der Waals surface area contributed by atoms with Gasteiger partial charge in [0.05, 0.1) is 16.8 Å². The summed E-state index contributed by atoms with van der Waals surface area (Å²) in [6, 6.07) is 7.91. The quantitative estimate of drug-likeness (QED) is 0.683. The molecular weight excluding hydrogens is 354 g/mol. The van der Waals surface area contributed by atoms with E-state index in [-0.39, 0.29) is 28.4 Å². The van der Waals surface area contributed by atoms with E-state index >= 15 is 0 Å². The molecule has 7 nitrogen and oxygen atoms in total. The summed E-state index contributed by atoms with van der Waals surface area (Å²) in [5.41, 5.74) is 6.28. The van der Waals surface area contributed by atoms with E-state index in [9.17, 15) is 19.5 Å². The third kappa shape index (κ3) is 2.88. The summed E-state index contributed by atoms with van der Waals surface area (Å²) in [5.74, 6) is -2.07. The number of rotatable bonds is 4. The smallest absolute Gasteiger partial charge is 0.353 e. The molecule has 1 aromatic carbocycles. The van der Waals surface area contributed by atoms with Crippen molar-refractivity contribution in [2.75, 3.05) is 0 Å². The second-order valence-electron chi connectivity index (χ2n) is 5.34. The number of nitrogens with zero attached hydrogens (tertiary/aromatic N) is 1. The molecule has 126 valence electrons. The van der Waals surface area contributed by atoms with Crippen LogP contribution in [0.25, 0.3) is 0 Å². The van der Waals surface area contributed by atoms with Crippen LogP contribution < -0.4 is 11.1 Å².